The second kappa shape index (κ2) is 4.53. The van der Waals surface area contributed by atoms with Gasteiger partial charge in [0.05, 0.1) is 7.11 Å². The van der Waals surface area contributed by atoms with Crippen molar-refractivity contribution in [2.24, 2.45) is 0 Å². The SMILES string of the molecule is CCN1CCNCc2cc(OC)ccc21. The zero-order valence-corrected chi connectivity index (χ0v) is 9.42. The number of fused-ring (bicyclic) bond motifs is 1. The van der Waals surface area contributed by atoms with Gasteiger partial charge in [0.15, 0.2) is 0 Å². The van der Waals surface area contributed by atoms with Gasteiger partial charge in [-0.3, -0.25) is 0 Å². The molecule has 0 atom stereocenters. The van der Waals surface area contributed by atoms with Gasteiger partial charge in [0, 0.05) is 31.9 Å². The lowest BCUT2D eigenvalue weighted by atomic mass is 10.1. The molecule has 1 aliphatic rings. The fourth-order valence-corrected chi connectivity index (χ4v) is 2.02. The van der Waals surface area contributed by atoms with Gasteiger partial charge in [0.2, 0.25) is 0 Å². The third kappa shape index (κ3) is 2.07. The van der Waals surface area contributed by atoms with Crippen LogP contribution in [0.1, 0.15) is 12.5 Å². The van der Waals surface area contributed by atoms with Gasteiger partial charge >= 0.3 is 0 Å². The average Bonchev–Trinajstić information content (AvgIpc) is 2.49. The lowest BCUT2D eigenvalue weighted by Crippen LogP contribution is -2.28. The molecule has 1 N–H and O–H groups in total. The molecular weight excluding hydrogens is 188 g/mol. The highest BCUT2D eigenvalue weighted by Gasteiger charge is 2.13. The summed E-state index contributed by atoms with van der Waals surface area (Å²) >= 11 is 0. The highest BCUT2D eigenvalue weighted by molar-refractivity contribution is 5.57. The zero-order valence-electron chi connectivity index (χ0n) is 9.42. The molecule has 0 aliphatic carbocycles. The van der Waals surface area contributed by atoms with E-state index >= 15 is 0 Å². The van der Waals surface area contributed by atoms with E-state index in [0.717, 1.165) is 31.9 Å². The maximum atomic E-state index is 5.24. The van der Waals surface area contributed by atoms with Crippen LogP contribution in [0.15, 0.2) is 18.2 Å². The summed E-state index contributed by atoms with van der Waals surface area (Å²) in [6.07, 6.45) is 0. The molecule has 1 heterocycles. The van der Waals surface area contributed by atoms with E-state index in [0.29, 0.717) is 0 Å². The Hall–Kier alpha value is -1.22. The van der Waals surface area contributed by atoms with Crippen LogP contribution in [0.5, 0.6) is 5.75 Å². The van der Waals surface area contributed by atoms with Crippen molar-refractivity contribution >= 4 is 5.69 Å². The summed E-state index contributed by atoms with van der Waals surface area (Å²) in [5, 5.41) is 3.42. The zero-order chi connectivity index (χ0) is 10.7. The molecule has 0 radical (unpaired) electrons. The van der Waals surface area contributed by atoms with Crippen molar-refractivity contribution in [3.63, 3.8) is 0 Å². The largest absolute Gasteiger partial charge is 0.497 e. The Bertz CT molecular complexity index is 338. The number of benzene rings is 1. The highest BCUT2D eigenvalue weighted by Crippen LogP contribution is 2.26. The summed E-state index contributed by atoms with van der Waals surface area (Å²) in [7, 11) is 1.71. The minimum atomic E-state index is 0.934. The van der Waals surface area contributed by atoms with Crippen LogP contribution >= 0.6 is 0 Å². The number of anilines is 1. The summed E-state index contributed by atoms with van der Waals surface area (Å²) in [5.41, 5.74) is 2.66. The fourth-order valence-electron chi connectivity index (χ4n) is 2.02. The molecule has 82 valence electrons. The molecular formula is C12H18N2O. The van der Waals surface area contributed by atoms with Crippen LogP contribution in [0.25, 0.3) is 0 Å². The first-order valence-corrected chi connectivity index (χ1v) is 5.47. The monoisotopic (exact) mass is 206 g/mol. The van der Waals surface area contributed by atoms with Crippen molar-refractivity contribution in [3.05, 3.63) is 23.8 Å². The van der Waals surface area contributed by atoms with Gasteiger partial charge in [-0.15, -0.1) is 0 Å². The van der Waals surface area contributed by atoms with Crippen molar-refractivity contribution in [1.82, 2.24) is 5.32 Å². The third-order valence-electron chi connectivity index (χ3n) is 2.88. The van der Waals surface area contributed by atoms with E-state index in [1.807, 2.05) is 6.07 Å². The van der Waals surface area contributed by atoms with Gasteiger partial charge in [-0.05, 0) is 30.7 Å². The van der Waals surface area contributed by atoms with Crippen LogP contribution in [-0.4, -0.2) is 26.7 Å². The van der Waals surface area contributed by atoms with Gasteiger partial charge in [-0.1, -0.05) is 0 Å². The summed E-state index contributed by atoms with van der Waals surface area (Å²) < 4.78 is 5.24. The van der Waals surface area contributed by atoms with Crippen molar-refractivity contribution in [2.75, 3.05) is 31.6 Å². The average molecular weight is 206 g/mol. The van der Waals surface area contributed by atoms with E-state index in [1.54, 1.807) is 7.11 Å². The second-order valence-corrected chi connectivity index (χ2v) is 3.75. The molecule has 1 aromatic carbocycles. The summed E-state index contributed by atoms with van der Waals surface area (Å²) in [4.78, 5) is 2.40. The molecule has 0 amide bonds. The third-order valence-corrected chi connectivity index (χ3v) is 2.88. The Kier molecular flexibility index (Phi) is 3.11. The van der Waals surface area contributed by atoms with Crippen LogP contribution in [0.3, 0.4) is 0 Å². The van der Waals surface area contributed by atoms with Gasteiger partial charge < -0.3 is 15.0 Å². The Labute approximate surface area is 91.0 Å². The van der Waals surface area contributed by atoms with E-state index in [-0.39, 0.29) is 0 Å². The van der Waals surface area contributed by atoms with Gasteiger partial charge in [-0.25, -0.2) is 0 Å². The lowest BCUT2D eigenvalue weighted by Gasteiger charge is -2.22. The second-order valence-electron chi connectivity index (χ2n) is 3.75. The molecule has 0 saturated carbocycles. The summed E-state index contributed by atoms with van der Waals surface area (Å²) in [5.74, 6) is 0.938. The number of ether oxygens (including phenoxy) is 1. The number of hydrogen-bond donors (Lipinski definition) is 1. The highest BCUT2D eigenvalue weighted by atomic mass is 16.5. The van der Waals surface area contributed by atoms with Crippen LogP contribution in [-0.2, 0) is 6.54 Å². The molecule has 0 aromatic heterocycles. The van der Waals surface area contributed by atoms with Crippen molar-refractivity contribution in [2.45, 2.75) is 13.5 Å². The molecule has 3 heteroatoms. The number of hydrogen-bond acceptors (Lipinski definition) is 3. The Morgan fingerprint density at radius 2 is 2.33 bits per heavy atom. The molecule has 1 aromatic rings. The predicted octanol–water partition coefficient (Wildman–Crippen LogP) is 1.62. The smallest absolute Gasteiger partial charge is 0.119 e. The molecule has 3 nitrogen and oxygen atoms in total. The topological polar surface area (TPSA) is 24.5 Å². The van der Waals surface area contributed by atoms with Crippen molar-refractivity contribution in [1.29, 1.82) is 0 Å². The molecule has 0 unspecified atom stereocenters. The maximum absolute atomic E-state index is 5.24. The first-order valence-electron chi connectivity index (χ1n) is 5.47. The van der Waals surface area contributed by atoms with E-state index in [1.165, 1.54) is 11.3 Å². The number of methoxy groups -OCH3 is 1. The van der Waals surface area contributed by atoms with Gasteiger partial charge in [0.1, 0.15) is 5.75 Å². The lowest BCUT2D eigenvalue weighted by molar-refractivity contribution is 0.414. The maximum Gasteiger partial charge on any atom is 0.119 e. The van der Waals surface area contributed by atoms with Crippen LogP contribution < -0.4 is 15.0 Å². The number of likely N-dealkylation sites (N-methyl/N-ethyl adjacent to an activating group) is 1. The number of nitrogens with one attached hydrogen (secondary N) is 1. The molecule has 2 rings (SSSR count). The standard InChI is InChI=1S/C12H18N2O/c1-3-14-7-6-13-9-10-8-11(15-2)4-5-12(10)14/h4-5,8,13H,3,6-7,9H2,1-2H3. The Morgan fingerprint density at radius 3 is 3.07 bits per heavy atom. The molecule has 1 aliphatic heterocycles. The molecule has 0 saturated heterocycles. The van der Waals surface area contributed by atoms with E-state index < -0.39 is 0 Å². The van der Waals surface area contributed by atoms with E-state index in [9.17, 15) is 0 Å². The number of rotatable bonds is 2. The molecule has 0 spiro atoms. The predicted molar refractivity (Wildman–Crippen MR) is 62.6 cm³/mol. The van der Waals surface area contributed by atoms with Crippen LogP contribution in [0.4, 0.5) is 5.69 Å². The van der Waals surface area contributed by atoms with Crippen molar-refractivity contribution < 1.29 is 4.74 Å². The van der Waals surface area contributed by atoms with Gasteiger partial charge in [-0.2, -0.15) is 0 Å². The Balaban J connectivity index is 2.36. The summed E-state index contributed by atoms with van der Waals surface area (Å²) in [6.45, 7) is 6.31. The van der Waals surface area contributed by atoms with Gasteiger partial charge in [0.25, 0.3) is 0 Å². The van der Waals surface area contributed by atoms with E-state index in [2.05, 4.69) is 29.3 Å². The first kappa shape index (κ1) is 10.3. The molecule has 0 fully saturated rings. The first-order chi connectivity index (χ1) is 7.35. The van der Waals surface area contributed by atoms with Crippen LogP contribution in [0, 0.1) is 0 Å². The van der Waals surface area contributed by atoms with E-state index in [4.69, 9.17) is 4.74 Å². The number of nitrogens with zero attached hydrogens (tertiary/aromatic N) is 1. The minimum Gasteiger partial charge on any atom is -0.497 e. The quantitative estimate of drug-likeness (QED) is 0.796. The van der Waals surface area contributed by atoms with Crippen LogP contribution in [0.2, 0.25) is 0 Å². The Morgan fingerprint density at radius 1 is 1.47 bits per heavy atom. The minimum absolute atomic E-state index is 0.934. The fraction of sp³-hybridized carbons (Fsp3) is 0.500. The normalized spacial score (nSPS) is 15.7. The molecule has 0 bridgehead atoms. The van der Waals surface area contributed by atoms with Crippen molar-refractivity contribution in [3.8, 4) is 5.75 Å². The summed E-state index contributed by atoms with van der Waals surface area (Å²) in [6, 6.07) is 6.31. The molecule has 15 heavy (non-hydrogen) atoms.